The minimum absolute atomic E-state index is 0.0231. The molecule has 0 saturated carbocycles. The Morgan fingerprint density at radius 1 is 1.43 bits per heavy atom. The molecule has 9 heteroatoms. The van der Waals surface area contributed by atoms with Crippen molar-refractivity contribution in [1.82, 2.24) is 4.31 Å². The van der Waals surface area contributed by atoms with Gasteiger partial charge in [-0.3, -0.25) is 10.1 Å². The molecular weight excluding hydrogens is 322 g/mol. The topological polar surface area (TPSA) is 116 Å². The third kappa shape index (κ3) is 3.31. The normalized spacial score (nSPS) is 21.8. The fourth-order valence-electron chi connectivity index (χ4n) is 2.65. The number of piperidine rings is 1. The highest BCUT2D eigenvalue weighted by Crippen LogP contribution is 2.34. The molecule has 0 radical (unpaired) electrons. The van der Waals surface area contributed by atoms with E-state index >= 15 is 0 Å². The van der Waals surface area contributed by atoms with E-state index in [2.05, 4.69) is 0 Å². The molecule has 1 aromatic carbocycles. The Morgan fingerprint density at radius 2 is 2.09 bits per heavy atom. The van der Waals surface area contributed by atoms with Crippen LogP contribution in [0.4, 0.5) is 5.69 Å². The SMILES string of the molecule is COc1ccc(S(=O)(=O)N2CCC(N)C(C)(C)C2)cc1[N+](=O)[O-]. The highest BCUT2D eigenvalue weighted by molar-refractivity contribution is 7.89. The van der Waals surface area contributed by atoms with E-state index < -0.39 is 14.9 Å². The van der Waals surface area contributed by atoms with Crippen molar-refractivity contribution in [2.45, 2.75) is 31.2 Å². The molecule has 23 heavy (non-hydrogen) atoms. The van der Waals surface area contributed by atoms with Gasteiger partial charge in [-0.15, -0.1) is 0 Å². The van der Waals surface area contributed by atoms with Crippen molar-refractivity contribution in [2.24, 2.45) is 11.1 Å². The average Bonchev–Trinajstić information content (AvgIpc) is 2.48. The number of sulfonamides is 1. The predicted octanol–water partition coefficient (Wildman–Crippen LogP) is 1.35. The predicted molar refractivity (Wildman–Crippen MR) is 84.8 cm³/mol. The monoisotopic (exact) mass is 343 g/mol. The summed E-state index contributed by atoms with van der Waals surface area (Å²) in [4.78, 5) is 10.3. The van der Waals surface area contributed by atoms with Crippen LogP contribution in [0.5, 0.6) is 5.75 Å². The van der Waals surface area contributed by atoms with Crippen LogP contribution in [0.3, 0.4) is 0 Å². The third-order valence-electron chi connectivity index (χ3n) is 4.26. The van der Waals surface area contributed by atoms with Crippen molar-refractivity contribution in [2.75, 3.05) is 20.2 Å². The molecule has 1 atom stereocenters. The molecule has 1 aromatic rings. The van der Waals surface area contributed by atoms with Gasteiger partial charge in [0, 0.05) is 25.2 Å². The molecule has 0 amide bonds. The zero-order valence-corrected chi connectivity index (χ0v) is 14.2. The summed E-state index contributed by atoms with van der Waals surface area (Å²) in [6.07, 6.45) is 0.546. The number of benzene rings is 1. The largest absolute Gasteiger partial charge is 0.490 e. The Bertz CT molecular complexity index is 717. The van der Waals surface area contributed by atoms with Crippen LogP contribution in [-0.4, -0.2) is 43.9 Å². The first kappa shape index (κ1) is 17.6. The summed E-state index contributed by atoms with van der Waals surface area (Å²) in [6, 6.07) is 3.57. The number of nitro groups is 1. The molecule has 128 valence electrons. The molecule has 2 N–H and O–H groups in total. The van der Waals surface area contributed by atoms with Crippen LogP contribution >= 0.6 is 0 Å². The summed E-state index contributed by atoms with van der Waals surface area (Å²) in [5.41, 5.74) is 5.30. The van der Waals surface area contributed by atoms with Crippen LogP contribution in [0, 0.1) is 15.5 Å². The number of hydrogen-bond donors (Lipinski definition) is 1. The highest BCUT2D eigenvalue weighted by atomic mass is 32.2. The number of nitrogens with two attached hydrogens (primary N) is 1. The first-order valence-electron chi connectivity index (χ1n) is 7.18. The van der Waals surface area contributed by atoms with E-state index in [1.54, 1.807) is 0 Å². The number of rotatable bonds is 4. The van der Waals surface area contributed by atoms with E-state index in [4.69, 9.17) is 10.5 Å². The molecule has 1 heterocycles. The van der Waals surface area contributed by atoms with Crippen LogP contribution < -0.4 is 10.5 Å². The van der Waals surface area contributed by atoms with E-state index in [0.717, 1.165) is 6.07 Å². The van der Waals surface area contributed by atoms with Gasteiger partial charge in [-0.05, 0) is 24.0 Å². The Balaban J connectivity index is 2.41. The highest BCUT2D eigenvalue weighted by Gasteiger charge is 2.39. The van der Waals surface area contributed by atoms with Gasteiger partial charge in [0.2, 0.25) is 10.0 Å². The molecule has 1 aliphatic rings. The first-order chi connectivity index (χ1) is 10.6. The van der Waals surface area contributed by atoms with Crippen LogP contribution in [0.15, 0.2) is 23.1 Å². The lowest BCUT2D eigenvalue weighted by Crippen LogP contribution is -2.53. The van der Waals surface area contributed by atoms with Crippen molar-refractivity contribution < 1.29 is 18.1 Å². The Hall–Kier alpha value is -1.71. The summed E-state index contributed by atoms with van der Waals surface area (Å²) in [5.74, 6) is 0.0231. The number of nitrogens with zero attached hydrogens (tertiary/aromatic N) is 2. The fraction of sp³-hybridized carbons (Fsp3) is 0.571. The van der Waals surface area contributed by atoms with Crippen molar-refractivity contribution in [1.29, 1.82) is 0 Å². The van der Waals surface area contributed by atoms with E-state index in [0.29, 0.717) is 13.0 Å². The smallest absolute Gasteiger partial charge is 0.312 e. The molecule has 0 aliphatic carbocycles. The number of nitro benzene ring substituents is 1. The summed E-state index contributed by atoms with van der Waals surface area (Å²) < 4.78 is 31.8. The van der Waals surface area contributed by atoms with E-state index in [1.165, 1.54) is 23.5 Å². The second-order valence-corrected chi connectivity index (χ2v) is 8.25. The van der Waals surface area contributed by atoms with Crippen LogP contribution in [0.25, 0.3) is 0 Å². The summed E-state index contributed by atoms with van der Waals surface area (Å²) in [5, 5.41) is 11.1. The van der Waals surface area contributed by atoms with Crippen LogP contribution in [0.2, 0.25) is 0 Å². The molecule has 8 nitrogen and oxygen atoms in total. The molecule has 0 spiro atoms. The molecule has 1 unspecified atom stereocenters. The summed E-state index contributed by atoms with van der Waals surface area (Å²) in [6.45, 7) is 4.40. The number of hydrogen-bond acceptors (Lipinski definition) is 6. The lowest BCUT2D eigenvalue weighted by molar-refractivity contribution is -0.386. The molecule has 0 aromatic heterocycles. The van der Waals surface area contributed by atoms with Gasteiger partial charge in [0.1, 0.15) is 0 Å². The van der Waals surface area contributed by atoms with Gasteiger partial charge >= 0.3 is 5.69 Å². The van der Waals surface area contributed by atoms with Crippen molar-refractivity contribution in [3.05, 3.63) is 28.3 Å². The molecular formula is C14H21N3O5S. The molecule has 2 rings (SSSR count). The molecule has 0 bridgehead atoms. The number of methoxy groups -OCH3 is 1. The summed E-state index contributed by atoms with van der Waals surface area (Å²) >= 11 is 0. The van der Waals surface area contributed by atoms with Gasteiger partial charge in [0.25, 0.3) is 0 Å². The second-order valence-electron chi connectivity index (χ2n) is 6.31. The van der Waals surface area contributed by atoms with Gasteiger partial charge in [0.15, 0.2) is 5.75 Å². The standard InChI is InChI=1S/C14H21N3O5S/c1-14(2)9-16(7-6-13(14)15)23(20,21)10-4-5-12(22-3)11(8-10)17(18)19/h4-5,8,13H,6-7,9,15H2,1-3H3. The zero-order valence-electron chi connectivity index (χ0n) is 13.4. The molecule has 1 aliphatic heterocycles. The first-order valence-corrected chi connectivity index (χ1v) is 8.62. The van der Waals surface area contributed by atoms with Gasteiger partial charge in [-0.1, -0.05) is 13.8 Å². The van der Waals surface area contributed by atoms with Crippen molar-refractivity contribution >= 4 is 15.7 Å². The minimum Gasteiger partial charge on any atom is -0.490 e. The van der Waals surface area contributed by atoms with Gasteiger partial charge < -0.3 is 10.5 Å². The lowest BCUT2D eigenvalue weighted by atomic mass is 9.81. The quantitative estimate of drug-likeness (QED) is 0.651. The van der Waals surface area contributed by atoms with Crippen molar-refractivity contribution in [3.63, 3.8) is 0 Å². The maximum atomic E-state index is 12.8. The second kappa shape index (κ2) is 6.06. The van der Waals surface area contributed by atoms with Gasteiger partial charge in [-0.25, -0.2) is 8.42 Å². The lowest BCUT2D eigenvalue weighted by Gasteiger charge is -2.41. The van der Waals surface area contributed by atoms with E-state index in [-0.39, 0.29) is 34.3 Å². The Labute approximate surface area is 135 Å². The van der Waals surface area contributed by atoms with Crippen molar-refractivity contribution in [3.8, 4) is 5.75 Å². The van der Waals surface area contributed by atoms with Crippen LogP contribution in [0.1, 0.15) is 20.3 Å². The summed E-state index contributed by atoms with van der Waals surface area (Å²) in [7, 11) is -2.52. The van der Waals surface area contributed by atoms with Gasteiger partial charge in [0.05, 0.1) is 16.9 Å². The molecule has 1 saturated heterocycles. The van der Waals surface area contributed by atoms with E-state index in [9.17, 15) is 18.5 Å². The Kier molecular flexibility index (Phi) is 4.65. The van der Waals surface area contributed by atoms with Gasteiger partial charge in [-0.2, -0.15) is 4.31 Å². The average molecular weight is 343 g/mol. The fourth-order valence-corrected chi connectivity index (χ4v) is 4.30. The minimum atomic E-state index is -3.82. The van der Waals surface area contributed by atoms with Crippen LogP contribution in [-0.2, 0) is 10.0 Å². The Morgan fingerprint density at radius 3 is 2.61 bits per heavy atom. The number of ether oxygens (including phenoxy) is 1. The maximum absolute atomic E-state index is 12.8. The third-order valence-corrected chi connectivity index (χ3v) is 6.10. The zero-order chi connectivity index (χ0) is 17.4. The molecule has 1 fully saturated rings. The maximum Gasteiger partial charge on any atom is 0.312 e. The van der Waals surface area contributed by atoms with E-state index in [1.807, 2.05) is 13.8 Å².